The van der Waals surface area contributed by atoms with E-state index in [9.17, 15) is 9.59 Å². The first-order chi connectivity index (χ1) is 17.3. The summed E-state index contributed by atoms with van der Waals surface area (Å²) < 4.78 is 17.6. The second-order valence-electron chi connectivity index (χ2n) is 9.30. The van der Waals surface area contributed by atoms with E-state index in [0.717, 1.165) is 5.56 Å². The average molecular weight is 504 g/mol. The largest absolute Gasteiger partial charge is 0.493 e. The zero-order chi connectivity index (χ0) is 25.6. The molecule has 0 radical (unpaired) electrons. The molecule has 0 saturated heterocycles. The van der Waals surface area contributed by atoms with Gasteiger partial charge in [-0.05, 0) is 60.4 Å². The highest BCUT2D eigenvalue weighted by atomic mass is 35.5. The van der Waals surface area contributed by atoms with Crippen molar-refractivity contribution < 1.29 is 18.7 Å². The van der Waals surface area contributed by atoms with Crippen molar-refractivity contribution >= 4 is 34.2 Å². The standard InChI is InChI=1S/C29H26ClNO5/c1-16(2)15-35-23-12-10-18(13-24(23)34-4)26-25-27(32)20-7-5-6-8-22(20)36-28(25)29(33)31(26)19-11-9-17(3)21(30)14-19/h5-14,16,26H,15H2,1-4H3. The Morgan fingerprint density at radius 3 is 2.53 bits per heavy atom. The number of amides is 1. The molecule has 0 spiro atoms. The molecule has 0 aliphatic carbocycles. The molecule has 0 bridgehead atoms. The molecule has 2 heterocycles. The van der Waals surface area contributed by atoms with Crippen LogP contribution in [0.3, 0.4) is 0 Å². The summed E-state index contributed by atoms with van der Waals surface area (Å²) in [5.41, 5.74) is 2.55. The van der Waals surface area contributed by atoms with Crippen molar-refractivity contribution in [3.63, 3.8) is 0 Å². The SMILES string of the molecule is COc1cc(C2c3c(oc4ccccc4c3=O)C(=O)N2c2ccc(C)c(Cl)c2)ccc1OCC(C)C. The minimum atomic E-state index is -0.736. The van der Waals surface area contributed by atoms with Gasteiger partial charge in [0.05, 0.1) is 30.7 Å². The Balaban J connectivity index is 1.73. The molecule has 5 rings (SSSR count). The number of anilines is 1. The van der Waals surface area contributed by atoms with E-state index in [0.29, 0.717) is 51.3 Å². The lowest BCUT2D eigenvalue weighted by Crippen LogP contribution is -2.29. The van der Waals surface area contributed by atoms with E-state index in [2.05, 4.69) is 13.8 Å². The summed E-state index contributed by atoms with van der Waals surface area (Å²) in [5, 5.41) is 0.941. The lowest BCUT2D eigenvalue weighted by atomic mass is 9.97. The molecule has 6 nitrogen and oxygen atoms in total. The fraction of sp³-hybridized carbons (Fsp3) is 0.241. The van der Waals surface area contributed by atoms with Crippen LogP contribution in [0, 0.1) is 12.8 Å². The Morgan fingerprint density at radius 2 is 1.81 bits per heavy atom. The highest BCUT2D eigenvalue weighted by molar-refractivity contribution is 6.31. The van der Waals surface area contributed by atoms with Crippen LogP contribution in [-0.4, -0.2) is 19.6 Å². The Kier molecular flexibility index (Phi) is 6.22. The van der Waals surface area contributed by atoms with Gasteiger partial charge in [-0.3, -0.25) is 14.5 Å². The van der Waals surface area contributed by atoms with E-state index >= 15 is 0 Å². The number of aryl methyl sites for hydroxylation is 1. The second-order valence-corrected chi connectivity index (χ2v) is 9.70. The Labute approximate surface area is 214 Å². The van der Waals surface area contributed by atoms with Gasteiger partial charge >= 0.3 is 0 Å². The fourth-order valence-corrected chi connectivity index (χ4v) is 4.64. The number of benzene rings is 3. The van der Waals surface area contributed by atoms with Crippen LogP contribution in [0.1, 0.15) is 47.1 Å². The number of para-hydroxylation sites is 1. The van der Waals surface area contributed by atoms with Crippen LogP contribution in [0.4, 0.5) is 5.69 Å². The van der Waals surface area contributed by atoms with Crippen LogP contribution >= 0.6 is 11.6 Å². The second kappa shape index (κ2) is 9.36. The van der Waals surface area contributed by atoms with Crippen molar-refractivity contribution in [1.29, 1.82) is 0 Å². The van der Waals surface area contributed by atoms with Crippen LogP contribution < -0.4 is 19.8 Å². The summed E-state index contributed by atoms with van der Waals surface area (Å²) >= 11 is 6.43. The number of halogens is 1. The Bertz CT molecular complexity index is 1540. The van der Waals surface area contributed by atoms with Gasteiger partial charge in [-0.15, -0.1) is 0 Å². The molecule has 1 aliphatic rings. The van der Waals surface area contributed by atoms with Crippen LogP contribution in [-0.2, 0) is 0 Å². The van der Waals surface area contributed by atoms with Crippen LogP contribution in [0.25, 0.3) is 11.0 Å². The van der Waals surface area contributed by atoms with E-state index in [-0.39, 0.29) is 16.8 Å². The van der Waals surface area contributed by atoms with Gasteiger partial charge in [0, 0.05) is 10.7 Å². The summed E-state index contributed by atoms with van der Waals surface area (Å²) in [6, 6.07) is 17.1. The van der Waals surface area contributed by atoms with Gasteiger partial charge in [-0.2, -0.15) is 0 Å². The molecule has 0 fully saturated rings. The molecule has 3 aromatic carbocycles. The van der Waals surface area contributed by atoms with E-state index in [4.69, 9.17) is 25.5 Å². The number of carbonyl (C=O) groups is 1. The van der Waals surface area contributed by atoms with Gasteiger partial charge < -0.3 is 13.9 Å². The maximum atomic E-state index is 13.8. The molecular formula is C29H26ClNO5. The maximum absolute atomic E-state index is 13.8. The minimum Gasteiger partial charge on any atom is -0.493 e. The Morgan fingerprint density at radius 1 is 1.03 bits per heavy atom. The van der Waals surface area contributed by atoms with Crippen LogP contribution in [0.15, 0.2) is 69.9 Å². The molecule has 184 valence electrons. The molecule has 1 unspecified atom stereocenters. The van der Waals surface area contributed by atoms with Gasteiger partial charge in [-0.25, -0.2) is 0 Å². The van der Waals surface area contributed by atoms with Crippen LogP contribution in [0.5, 0.6) is 11.5 Å². The van der Waals surface area contributed by atoms with E-state index in [1.165, 1.54) is 0 Å². The van der Waals surface area contributed by atoms with Crippen molar-refractivity contribution in [1.82, 2.24) is 0 Å². The van der Waals surface area contributed by atoms with Crippen molar-refractivity contribution in [2.75, 3.05) is 18.6 Å². The smallest absolute Gasteiger partial charge is 0.295 e. The third-order valence-electron chi connectivity index (χ3n) is 6.29. The maximum Gasteiger partial charge on any atom is 0.295 e. The third-order valence-corrected chi connectivity index (χ3v) is 6.69. The highest BCUT2D eigenvalue weighted by Gasteiger charge is 2.44. The zero-order valence-electron chi connectivity index (χ0n) is 20.5. The number of fused-ring (bicyclic) bond motifs is 2. The van der Waals surface area contributed by atoms with Gasteiger partial charge in [0.1, 0.15) is 5.58 Å². The normalized spacial score (nSPS) is 15.0. The summed E-state index contributed by atoms with van der Waals surface area (Å²) in [7, 11) is 1.56. The molecule has 1 aliphatic heterocycles. The predicted octanol–water partition coefficient (Wildman–Crippen LogP) is 6.55. The quantitative estimate of drug-likeness (QED) is 0.298. The van der Waals surface area contributed by atoms with Gasteiger partial charge in [-0.1, -0.05) is 49.7 Å². The zero-order valence-corrected chi connectivity index (χ0v) is 21.3. The average Bonchev–Trinajstić information content (AvgIpc) is 3.16. The fourth-order valence-electron chi connectivity index (χ4n) is 4.46. The molecule has 7 heteroatoms. The minimum absolute atomic E-state index is 0.0273. The van der Waals surface area contributed by atoms with Gasteiger partial charge in [0.15, 0.2) is 16.9 Å². The van der Waals surface area contributed by atoms with Crippen LogP contribution in [0.2, 0.25) is 5.02 Å². The van der Waals surface area contributed by atoms with Crippen molar-refractivity contribution in [2.45, 2.75) is 26.8 Å². The summed E-state index contributed by atoms with van der Waals surface area (Å²) in [6.45, 7) is 6.55. The van der Waals surface area contributed by atoms with E-state index in [1.54, 1.807) is 48.4 Å². The van der Waals surface area contributed by atoms with Crippen molar-refractivity contribution in [3.8, 4) is 11.5 Å². The molecule has 4 aromatic rings. The van der Waals surface area contributed by atoms with Crippen molar-refractivity contribution in [2.24, 2.45) is 5.92 Å². The number of rotatable bonds is 6. The number of hydrogen-bond acceptors (Lipinski definition) is 5. The number of nitrogens with zero attached hydrogens (tertiary/aromatic N) is 1. The van der Waals surface area contributed by atoms with Gasteiger partial charge in [0.25, 0.3) is 5.91 Å². The van der Waals surface area contributed by atoms with Gasteiger partial charge in [0.2, 0.25) is 5.76 Å². The lowest BCUT2D eigenvalue weighted by Gasteiger charge is -2.26. The molecule has 0 N–H and O–H groups in total. The molecule has 1 amide bonds. The molecular weight excluding hydrogens is 478 g/mol. The first-order valence-electron chi connectivity index (χ1n) is 11.8. The molecule has 36 heavy (non-hydrogen) atoms. The Hall–Kier alpha value is -3.77. The first-order valence-corrected chi connectivity index (χ1v) is 12.1. The molecule has 1 aromatic heterocycles. The molecule has 1 atom stereocenters. The third kappa shape index (κ3) is 4.01. The van der Waals surface area contributed by atoms with E-state index in [1.807, 2.05) is 31.2 Å². The number of carbonyl (C=O) groups excluding carboxylic acids is 1. The highest BCUT2D eigenvalue weighted by Crippen LogP contribution is 2.44. The summed E-state index contributed by atoms with van der Waals surface area (Å²) in [4.78, 5) is 29.1. The number of ether oxygens (including phenoxy) is 2. The molecule has 0 saturated carbocycles. The van der Waals surface area contributed by atoms with E-state index < -0.39 is 11.9 Å². The topological polar surface area (TPSA) is 69.0 Å². The first kappa shape index (κ1) is 23.9. The predicted molar refractivity (Wildman–Crippen MR) is 141 cm³/mol. The summed E-state index contributed by atoms with van der Waals surface area (Å²) in [5.74, 6) is 1.07. The summed E-state index contributed by atoms with van der Waals surface area (Å²) in [6.07, 6.45) is 0. The van der Waals surface area contributed by atoms with Crippen molar-refractivity contribution in [3.05, 3.63) is 98.4 Å². The number of hydrogen-bond donors (Lipinski definition) is 0. The monoisotopic (exact) mass is 503 g/mol. The lowest BCUT2D eigenvalue weighted by molar-refractivity contribution is 0.0971. The number of methoxy groups -OCH3 is 1.